The Hall–Kier alpha value is -4.14. The lowest BCUT2D eigenvalue weighted by Gasteiger charge is -2.30. The summed E-state index contributed by atoms with van der Waals surface area (Å²) in [6, 6.07) is 3.42. The Bertz CT molecular complexity index is 1620. The summed E-state index contributed by atoms with van der Waals surface area (Å²) in [4.78, 5) is 50.4. The topological polar surface area (TPSA) is 110 Å². The van der Waals surface area contributed by atoms with Crippen molar-refractivity contribution >= 4 is 28.5 Å². The van der Waals surface area contributed by atoms with Crippen molar-refractivity contribution in [3.63, 3.8) is 0 Å². The number of rotatable bonds is 7. The van der Waals surface area contributed by atoms with E-state index < -0.39 is 6.04 Å². The molecule has 1 aliphatic heterocycles. The number of Topliss-reactive ketones (excluding diaryl/α,β-unsaturated/α-hetero) is 1. The molecular formula is C32H36N6O3. The summed E-state index contributed by atoms with van der Waals surface area (Å²) < 4.78 is 1.63. The second kappa shape index (κ2) is 10.0. The molecule has 0 radical (unpaired) electrons. The van der Waals surface area contributed by atoms with E-state index in [-0.39, 0.29) is 47.6 Å². The first-order valence-electron chi connectivity index (χ1n) is 14.3. The van der Waals surface area contributed by atoms with E-state index >= 15 is 0 Å². The third kappa shape index (κ3) is 4.87. The Kier molecular flexibility index (Phi) is 6.63. The summed E-state index contributed by atoms with van der Waals surface area (Å²) in [6.07, 6.45) is 14.2. The predicted octanol–water partition coefficient (Wildman–Crippen LogP) is 4.33. The number of hydrogen-bond acceptors (Lipinski definition) is 6. The van der Waals surface area contributed by atoms with Crippen LogP contribution >= 0.6 is 0 Å². The molecule has 0 bridgehead atoms. The largest absolute Gasteiger partial charge is 0.351 e. The Morgan fingerprint density at radius 2 is 1.85 bits per heavy atom. The van der Waals surface area contributed by atoms with Crippen LogP contribution in [0.3, 0.4) is 0 Å². The number of carbonyl (C=O) groups excluding carboxylic acids is 3. The summed E-state index contributed by atoms with van der Waals surface area (Å²) in [6.45, 7) is 9.40. The highest BCUT2D eigenvalue weighted by atomic mass is 16.2. The van der Waals surface area contributed by atoms with Gasteiger partial charge in [-0.1, -0.05) is 31.2 Å². The third-order valence-electron chi connectivity index (χ3n) is 9.02. The summed E-state index contributed by atoms with van der Waals surface area (Å²) >= 11 is 0. The van der Waals surface area contributed by atoms with Crippen LogP contribution in [0.15, 0.2) is 48.8 Å². The molecule has 41 heavy (non-hydrogen) atoms. The van der Waals surface area contributed by atoms with E-state index in [2.05, 4.69) is 39.5 Å². The van der Waals surface area contributed by atoms with Crippen LogP contribution in [0.25, 0.3) is 22.0 Å². The normalized spacial score (nSPS) is 25.3. The number of piperidine rings is 1. The maximum atomic E-state index is 13.9. The smallest absolute Gasteiger partial charge is 0.245 e. The maximum Gasteiger partial charge on any atom is 0.245 e. The van der Waals surface area contributed by atoms with Crippen molar-refractivity contribution in [3.05, 3.63) is 65.9 Å². The van der Waals surface area contributed by atoms with E-state index in [1.54, 1.807) is 22.0 Å². The SMILES string of the molecule is CC(=O)c1nn(CC(=O)N2[C@H](C(=O)NC(C)C3C=CC=CC3)C[C@@]3(C)C[C@@H]23)c2c(C)cc(-c3cnc(C)nc3)cc12. The number of allylic oxidation sites excluding steroid dienone is 3. The molecule has 212 valence electrons. The van der Waals surface area contributed by atoms with Crippen LogP contribution in [-0.4, -0.2) is 60.4 Å². The molecule has 2 aromatic heterocycles. The van der Waals surface area contributed by atoms with Crippen molar-refractivity contribution in [2.75, 3.05) is 0 Å². The van der Waals surface area contributed by atoms with E-state index in [4.69, 9.17) is 0 Å². The number of carbonyl (C=O) groups is 3. The molecule has 2 unspecified atom stereocenters. The van der Waals surface area contributed by atoms with Gasteiger partial charge in [0.25, 0.3) is 0 Å². The summed E-state index contributed by atoms with van der Waals surface area (Å²) in [5.74, 6) is 0.490. The van der Waals surface area contributed by atoms with Crippen molar-refractivity contribution < 1.29 is 14.4 Å². The second-order valence-electron chi connectivity index (χ2n) is 12.2. The monoisotopic (exact) mass is 552 g/mol. The fourth-order valence-corrected chi connectivity index (χ4v) is 6.58. The number of likely N-dealkylation sites (tertiary alicyclic amines) is 1. The lowest BCUT2D eigenvalue weighted by Crippen LogP contribution is -2.51. The molecule has 3 heterocycles. The zero-order chi connectivity index (χ0) is 29.1. The predicted molar refractivity (Wildman–Crippen MR) is 156 cm³/mol. The van der Waals surface area contributed by atoms with E-state index in [1.165, 1.54) is 6.92 Å². The molecule has 1 saturated carbocycles. The standard InChI is InChI=1S/C32H36N6O3/c1-18-11-23(24-15-33-21(4)34-16-24)12-25-29(20(3)39)36-37(30(18)25)17-28(40)38-26(13-32(5)14-27(32)38)31(41)35-19(2)22-9-7-6-8-10-22/h6-9,11-12,15-16,19,22,26-27H,10,13-14,17H2,1-5H3,(H,35,41)/t19?,22?,26-,27+,32-/m0/s1. The van der Waals surface area contributed by atoms with Gasteiger partial charge in [-0.3, -0.25) is 19.1 Å². The van der Waals surface area contributed by atoms with Crippen molar-refractivity contribution in [1.82, 2.24) is 30.0 Å². The molecule has 9 heteroatoms. The quantitative estimate of drug-likeness (QED) is 0.437. The Morgan fingerprint density at radius 1 is 1.10 bits per heavy atom. The molecule has 3 aromatic rings. The van der Waals surface area contributed by atoms with Gasteiger partial charge < -0.3 is 10.2 Å². The molecule has 1 saturated heterocycles. The van der Waals surface area contributed by atoms with Gasteiger partial charge in [0.1, 0.15) is 24.1 Å². The minimum Gasteiger partial charge on any atom is -0.351 e. The molecule has 3 aliphatic rings. The molecule has 2 amide bonds. The Balaban J connectivity index is 1.28. The Morgan fingerprint density at radius 3 is 2.54 bits per heavy atom. The van der Waals surface area contributed by atoms with Crippen molar-refractivity contribution in [2.24, 2.45) is 11.3 Å². The molecule has 2 aliphatic carbocycles. The molecular weight excluding hydrogens is 516 g/mol. The third-order valence-corrected chi connectivity index (χ3v) is 9.02. The number of benzene rings is 1. The highest BCUT2D eigenvalue weighted by molar-refractivity contribution is 6.07. The number of amides is 2. The second-order valence-corrected chi connectivity index (χ2v) is 12.2. The fraction of sp³-hybridized carbons (Fsp3) is 0.438. The first kappa shape index (κ1) is 27.1. The maximum absolute atomic E-state index is 13.9. The van der Waals surface area contributed by atoms with E-state index in [0.717, 1.165) is 35.0 Å². The van der Waals surface area contributed by atoms with Gasteiger partial charge in [-0.2, -0.15) is 5.10 Å². The molecule has 9 nitrogen and oxygen atoms in total. The summed E-state index contributed by atoms with van der Waals surface area (Å²) in [5, 5.41) is 8.50. The van der Waals surface area contributed by atoms with Gasteiger partial charge >= 0.3 is 0 Å². The number of fused-ring (bicyclic) bond motifs is 2. The minimum absolute atomic E-state index is 0.0330. The van der Waals surface area contributed by atoms with Crippen molar-refractivity contribution in [1.29, 1.82) is 0 Å². The van der Waals surface area contributed by atoms with Gasteiger partial charge in [-0.25, -0.2) is 9.97 Å². The lowest BCUT2D eigenvalue weighted by molar-refractivity contribution is -0.140. The van der Waals surface area contributed by atoms with E-state index in [9.17, 15) is 14.4 Å². The summed E-state index contributed by atoms with van der Waals surface area (Å²) in [7, 11) is 0. The molecule has 6 rings (SSSR count). The Labute approximate surface area is 239 Å². The number of aryl methyl sites for hydroxylation is 2. The zero-order valence-electron chi connectivity index (χ0n) is 24.2. The van der Waals surface area contributed by atoms with Gasteiger partial charge in [0.15, 0.2) is 5.78 Å². The number of nitrogens with zero attached hydrogens (tertiary/aromatic N) is 5. The van der Waals surface area contributed by atoms with E-state index in [0.29, 0.717) is 23.3 Å². The van der Waals surface area contributed by atoms with Crippen molar-refractivity contribution in [3.8, 4) is 11.1 Å². The van der Waals surface area contributed by atoms with Crippen molar-refractivity contribution in [2.45, 2.75) is 78.6 Å². The summed E-state index contributed by atoms with van der Waals surface area (Å²) in [5.41, 5.74) is 3.64. The first-order valence-corrected chi connectivity index (χ1v) is 14.3. The van der Waals surface area contributed by atoms with Crippen LogP contribution in [0.1, 0.15) is 61.9 Å². The fourth-order valence-electron chi connectivity index (χ4n) is 6.58. The van der Waals surface area contributed by atoms with Crippen LogP contribution in [0.2, 0.25) is 0 Å². The number of ketones is 1. The zero-order valence-corrected chi connectivity index (χ0v) is 24.2. The van der Waals surface area contributed by atoms with Gasteiger partial charge in [0.2, 0.25) is 11.8 Å². The first-order chi connectivity index (χ1) is 19.6. The molecule has 1 aromatic carbocycles. The molecule has 5 atom stereocenters. The number of hydrogen-bond donors (Lipinski definition) is 1. The van der Waals surface area contributed by atoms with Gasteiger partial charge in [-0.05, 0) is 68.7 Å². The molecule has 0 spiro atoms. The van der Waals surface area contributed by atoms with Gasteiger partial charge in [-0.15, -0.1) is 0 Å². The van der Waals surface area contributed by atoms with Gasteiger partial charge in [0, 0.05) is 48.3 Å². The average molecular weight is 553 g/mol. The minimum atomic E-state index is -0.514. The average Bonchev–Trinajstić information content (AvgIpc) is 3.30. The van der Waals surface area contributed by atoms with E-state index in [1.807, 2.05) is 45.1 Å². The lowest BCUT2D eigenvalue weighted by atomic mass is 9.93. The molecule has 2 fully saturated rings. The number of nitrogens with one attached hydrogen (secondary N) is 1. The van der Waals surface area contributed by atoms with Crippen LogP contribution < -0.4 is 5.32 Å². The van der Waals surface area contributed by atoms with Gasteiger partial charge in [0.05, 0.1) is 5.52 Å². The van der Waals surface area contributed by atoms with Crippen LogP contribution in [0.4, 0.5) is 0 Å². The highest BCUT2D eigenvalue weighted by Crippen LogP contribution is 2.59. The highest BCUT2D eigenvalue weighted by Gasteiger charge is 2.64. The van der Waals surface area contributed by atoms with Crippen LogP contribution in [0, 0.1) is 25.2 Å². The number of aromatic nitrogens is 4. The van der Waals surface area contributed by atoms with Crippen LogP contribution in [-0.2, 0) is 16.1 Å². The molecule has 1 N–H and O–H groups in total. The van der Waals surface area contributed by atoms with Crippen LogP contribution in [0.5, 0.6) is 0 Å².